The highest BCUT2D eigenvalue weighted by Gasteiger charge is 2.23. The molecule has 0 unspecified atom stereocenters. The number of carbonyl (C=O) groups excluding carboxylic acids is 2. The van der Waals surface area contributed by atoms with E-state index in [1.165, 1.54) is 18.6 Å². The molecule has 1 aliphatic carbocycles. The summed E-state index contributed by atoms with van der Waals surface area (Å²) in [7, 11) is 1.77. The second-order valence-corrected chi connectivity index (χ2v) is 7.28. The maximum Gasteiger partial charge on any atom is 0.342 e. The van der Waals surface area contributed by atoms with Gasteiger partial charge in [-0.05, 0) is 42.7 Å². The number of para-hydroxylation sites is 1. The Bertz CT molecular complexity index is 831. The lowest BCUT2D eigenvalue weighted by atomic mass is 9.94. The Labute approximate surface area is 170 Å². The number of ether oxygens (including phenoxy) is 2. The van der Waals surface area contributed by atoms with Crippen LogP contribution < -0.4 is 4.74 Å². The van der Waals surface area contributed by atoms with Crippen LogP contribution in [0, 0.1) is 5.82 Å². The van der Waals surface area contributed by atoms with Crippen molar-refractivity contribution < 1.29 is 23.5 Å². The van der Waals surface area contributed by atoms with Crippen molar-refractivity contribution in [3.8, 4) is 5.75 Å². The molecular formula is C23H26FNO4. The molecule has 1 amide bonds. The molecule has 0 aromatic heterocycles. The van der Waals surface area contributed by atoms with Gasteiger partial charge in [0.1, 0.15) is 23.7 Å². The van der Waals surface area contributed by atoms with Crippen LogP contribution in [0.3, 0.4) is 0 Å². The molecule has 0 heterocycles. The topological polar surface area (TPSA) is 55.8 Å². The monoisotopic (exact) mass is 399 g/mol. The van der Waals surface area contributed by atoms with E-state index in [1.54, 1.807) is 48.3 Å². The molecule has 5 nitrogen and oxygen atoms in total. The number of carbonyl (C=O) groups is 2. The summed E-state index contributed by atoms with van der Waals surface area (Å²) in [4.78, 5) is 26.6. The number of benzene rings is 2. The molecule has 2 aromatic rings. The molecule has 0 aliphatic heterocycles. The van der Waals surface area contributed by atoms with Crippen LogP contribution in [-0.2, 0) is 16.1 Å². The van der Waals surface area contributed by atoms with Crippen LogP contribution in [0.1, 0.15) is 48.0 Å². The molecule has 0 saturated heterocycles. The van der Waals surface area contributed by atoms with Crippen LogP contribution in [0.25, 0.3) is 0 Å². The fraction of sp³-hybridized carbons (Fsp3) is 0.391. The third-order valence-electron chi connectivity index (χ3n) is 5.26. The molecule has 29 heavy (non-hydrogen) atoms. The quantitative estimate of drug-likeness (QED) is 0.650. The van der Waals surface area contributed by atoms with Crippen LogP contribution in [0.2, 0.25) is 0 Å². The molecule has 6 heteroatoms. The summed E-state index contributed by atoms with van der Waals surface area (Å²) in [6.07, 6.45) is 5.45. The van der Waals surface area contributed by atoms with Crippen LogP contribution in [-0.4, -0.2) is 36.5 Å². The maximum absolute atomic E-state index is 13.0. The predicted molar refractivity (Wildman–Crippen MR) is 107 cm³/mol. The third-order valence-corrected chi connectivity index (χ3v) is 5.26. The highest BCUT2D eigenvalue weighted by molar-refractivity contribution is 5.94. The van der Waals surface area contributed by atoms with Gasteiger partial charge < -0.3 is 14.4 Å². The lowest BCUT2D eigenvalue weighted by Crippen LogP contribution is -2.40. The smallest absolute Gasteiger partial charge is 0.342 e. The Hall–Kier alpha value is -2.89. The minimum absolute atomic E-state index is 0.188. The highest BCUT2D eigenvalue weighted by atomic mass is 19.1. The number of likely N-dealkylation sites (N-methyl/N-ethyl adjacent to an activating group) is 1. The van der Waals surface area contributed by atoms with E-state index >= 15 is 0 Å². The zero-order valence-corrected chi connectivity index (χ0v) is 16.6. The molecule has 0 bridgehead atoms. The van der Waals surface area contributed by atoms with Crippen molar-refractivity contribution in [3.05, 3.63) is 65.5 Å². The lowest BCUT2D eigenvalue weighted by molar-refractivity contribution is -0.135. The number of halogens is 1. The van der Waals surface area contributed by atoms with Gasteiger partial charge in [-0.15, -0.1) is 0 Å². The summed E-state index contributed by atoms with van der Waals surface area (Å²) >= 11 is 0. The maximum atomic E-state index is 13.0. The average molecular weight is 399 g/mol. The standard InChI is InChI=1S/C23H26FNO4/c1-25(19-7-3-2-4-8-19)22(26)16-29-23(27)20-9-5-6-10-21(20)28-15-17-11-13-18(24)14-12-17/h5-6,9-14,19H,2-4,7-8,15-16H2,1H3. The number of hydrogen-bond acceptors (Lipinski definition) is 4. The molecule has 3 rings (SSSR count). The molecule has 2 aromatic carbocycles. The van der Waals surface area contributed by atoms with E-state index in [2.05, 4.69) is 0 Å². The van der Waals surface area contributed by atoms with Crippen molar-refractivity contribution >= 4 is 11.9 Å². The molecule has 1 fully saturated rings. The van der Waals surface area contributed by atoms with E-state index in [0.29, 0.717) is 5.75 Å². The number of nitrogens with zero attached hydrogens (tertiary/aromatic N) is 1. The summed E-state index contributed by atoms with van der Waals surface area (Å²) in [6, 6.07) is 12.9. The van der Waals surface area contributed by atoms with Gasteiger partial charge in [-0.3, -0.25) is 4.79 Å². The first-order valence-corrected chi connectivity index (χ1v) is 9.93. The molecular weight excluding hydrogens is 373 g/mol. The van der Waals surface area contributed by atoms with E-state index in [1.807, 2.05) is 0 Å². The van der Waals surface area contributed by atoms with Gasteiger partial charge in [0, 0.05) is 13.1 Å². The number of rotatable bonds is 7. The van der Waals surface area contributed by atoms with Crippen molar-refractivity contribution in [2.45, 2.75) is 44.8 Å². The molecule has 1 saturated carbocycles. The largest absolute Gasteiger partial charge is 0.488 e. The van der Waals surface area contributed by atoms with Crippen molar-refractivity contribution in [1.82, 2.24) is 4.90 Å². The van der Waals surface area contributed by atoms with Gasteiger partial charge in [0.15, 0.2) is 6.61 Å². The lowest BCUT2D eigenvalue weighted by Gasteiger charge is -2.31. The summed E-state index contributed by atoms with van der Waals surface area (Å²) < 4.78 is 24.0. The summed E-state index contributed by atoms with van der Waals surface area (Å²) in [5.74, 6) is -0.768. The van der Waals surface area contributed by atoms with Crippen LogP contribution in [0.15, 0.2) is 48.5 Å². The van der Waals surface area contributed by atoms with Gasteiger partial charge in [-0.2, -0.15) is 0 Å². The second-order valence-electron chi connectivity index (χ2n) is 7.28. The first-order valence-electron chi connectivity index (χ1n) is 9.93. The zero-order valence-electron chi connectivity index (χ0n) is 16.6. The van der Waals surface area contributed by atoms with Crippen molar-refractivity contribution in [2.75, 3.05) is 13.7 Å². The first-order chi connectivity index (χ1) is 14.0. The fourth-order valence-corrected chi connectivity index (χ4v) is 3.48. The third kappa shape index (κ3) is 5.79. The molecule has 0 N–H and O–H groups in total. The number of esters is 1. The van der Waals surface area contributed by atoms with Gasteiger partial charge >= 0.3 is 5.97 Å². The number of amides is 1. The normalized spacial score (nSPS) is 14.3. The minimum Gasteiger partial charge on any atom is -0.488 e. The van der Waals surface area contributed by atoms with Crippen molar-refractivity contribution in [2.24, 2.45) is 0 Å². The van der Waals surface area contributed by atoms with Crippen LogP contribution in [0.5, 0.6) is 5.75 Å². The SMILES string of the molecule is CN(C(=O)COC(=O)c1ccccc1OCc1ccc(F)cc1)C1CCCCC1. The van der Waals surface area contributed by atoms with Crippen LogP contribution >= 0.6 is 0 Å². The van der Waals surface area contributed by atoms with Gasteiger partial charge in [-0.25, -0.2) is 9.18 Å². The van der Waals surface area contributed by atoms with Gasteiger partial charge in [-0.1, -0.05) is 43.5 Å². The van der Waals surface area contributed by atoms with Crippen molar-refractivity contribution in [1.29, 1.82) is 0 Å². The van der Waals surface area contributed by atoms with E-state index < -0.39 is 5.97 Å². The van der Waals surface area contributed by atoms with Crippen LogP contribution in [0.4, 0.5) is 4.39 Å². The Kier molecular flexibility index (Phi) is 7.22. The fourth-order valence-electron chi connectivity index (χ4n) is 3.48. The Balaban J connectivity index is 1.56. The molecule has 0 atom stereocenters. The summed E-state index contributed by atoms with van der Waals surface area (Å²) in [6.45, 7) is -0.105. The predicted octanol–water partition coefficient (Wildman–Crippen LogP) is 4.35. The Morgan fingerprint density at radius 2 is 1.72 bits per heavy atom. The molecule has 1 aliphatic rings. The van der Waals surface area contributed by atoms with E-state index in [0.717, 1.165) is 31.2 Å². The molecule has 0 radical (unpaired) electrons. The van der Waals surface area contributed by atoms with E-state index in [-0.39, 0.29) is 36.5 Å². The van der Waals surface area contributed by atoms with E-state index in [4.69, 9.17) is 9.47 Å². The van der Waals surface area contributed by atoms with Gasteiger partial charge in [0.05, 0.1) is 0 Å². The summed E-state index contributed by atoms with van der Waals surface area (Å²) in [5.41, 5.74) is 1.03. The average Bonchev–Trinajstić information content (AvgIpc) is 2.77. The van der Waals surface area contributed by atoms with Crippen molar-refractivity contribution in [3.63, 3.8) is 0 Å². The Morgan fingerprint density at radius 1 is 1.03 bits per heavy atom. The zero-order chi connectivity index (χ0) is 20.6. The highest BCUT2D eigenvalue weighted by Crippen LogP contribution is 2.23. The molecule has 0 spiro atoms. The van der Waals surface area contributed by atoms with Gasteiger partial charge in [0.25, 0.3) is 5.91 Å². The minimum atomic E-state index is -0.606. The summed E-state index contributed by atoms with van der Waals surface area (Å²) in [5, 5.41) is 0. The van der Waals surface area contributed by atoms with Gasteiger partial charge in [0.2, 0.25) is 0 Å². The molecule has 154 valence electrons. The second kappa shape index (κ2) is 10.0. The van der Waals surface area contributed by atoms with E-state index in [9.17, 15) is 14.0 Å². The number of hydrogen-bond donors (Lipinski definition) is 0. The first kappa shape index (κ1) is 20.8. The Morgan fingerprint density at radius 3 is 2.45 bits per heavy atom.